The number of aromatic nitrogens is 2. The average molecular weight is 485 g/mol. The predicted octanol–water partition coefficient (Wildman–Crippen LogP) is 9.52. The van der Waals surface area contributed by atoms with Crippen molar-refractivity contribution in [3.05, 3.63) is 108 Å². The Morgan fingerprint density at radius 3 is 1.89 bits per heavy atom. The first-order valence-corrected chi connectivity index (χ1v) is 13.1. The maximum Gasteiger partial charge on any atom is 0.159 e. The van der Waals surface area contributed by atoms with Gasteiger partial charge < -0.3 is 0 Å². The minimum Gasteiger partial charge on any atom is -0.237 e. The van der Waals surface area contributed by atoms with Crippen LogP contribution in [0, 0.1) is 5.41 Å². The highest BCUT2D eigenvalue weighted by atomic mass is 14.9. The molecule has 4 aromatic carbocycles. The molecule has 0 N–H and O–H groups in total. The van der Waals surface area contributed by atoms with E-state index in [0.29, 0.717) is 5.41 Å². The van der Waals surface area contributed by atoms with Gasteiger partial charge in [0.2, 0.25) is 0 Å². The van der Waals surface area contributed by atoms with Crippen molar-refractivity contribution in [2.24, 2.45) is 5.41 Å². The van der Waals surface area contributed by atoms with E-state index in [0.717, 1.165) is 29.1 Å². The lowest BCUT2D eigenvalue weighted by atomic mass is 9.82. The van der Waals surface area contributed by atoms with Crippen molar-refractivity contribution in [3.63, 3.8) is 0 Å². The molecule has 0 unspecified atom stereocenters. The van der Waals surface area contributed by atoms with E-state index >= 15 is 0 Å². The molecule has 1 heterocycles. The van der Waals surface area contributed by atoms with Crippen LogP contribution in [0.15, 0.2) is 97.2 Å². The number of benzene rings is 4. The molecule has 0 atom stereocenters. The van der Waals surface area contributed by atoms with Gasteiger partial charge >= 0.3 is 0 Å². The van der Waals surface area contributed by atoms with Crippen LogP contribution in [0.25, 0.3) is 44.5 Å². The summed E-state index contributed by atoms with van der Waals surface area (Å²) in [6.45, 7) is 13.6. The Kier molecular flexibility index (Phi) is 6.45. The molecule has 0 amide bonds. The van der Waals surface area contributed by atoms with Crippen molar-refractivity contribution in [3.8, 4) is 33.8 Å². The lowest BCUT2D eigenvalue weighted by Crippen LogP contribution is -2.12. The average Bonchev–Trinajstić information content (AvgIpc) is 2.87. The summed E-state index contributed by atoms with van der Waals surface area (Å²) >= 11 is 0. The Labute approximate surface area is 221 Å². The summed E-state index contributed by atoms with van der Waals surface area (Å²) in [6.07, 6.45) is 2.95. The highest BCUT2D eigenvalue weighted by Crippen LogP contribution is 2.34. The third-order valence-electron chi connectivity index (χ3n) is 6.79. The highest BCUT2D eigenvalue weighted by Gasteiger charge is 2.19. The van der Waals surface area contributed by atoms with Crippen LogP contribution in [0.2, 0.25) is 0 Å². The van der Waals surface area contributed by atoms with E-state index in [-0.39, 0.29) is 5.41 Å². The lowest BCUT2D eigenvalue weighted by molar-refractivity contribution is 0.411. The maximum absolute atomic E-state index is 4.98. The van der Waals surface area contributed by atoms with Crippen LogP contribution in [0.4, 0.5) is 0 Å². The minimum absolute atomic E-state index is 0.0218. The van der Waals surface area contributed by atoms with Gasteiger partial charge in [-0.3, -0.25) is 0 Å². The van der Waals surface area contributed by atoms with E-state index in [4.69, 9.17) is 4.98 Å². The van der Waals surface area contributed by atoms with E-state index in [1.54, 1.807) is 0 Å². The molecule has 1 aromatic heterocycles. The summed E-state index contributed by atoms with van der Waals surface area (Å²) in [5.41, 5.74) is 8.53. The van der Waals surface area contributed by atoms with Crippen molar-refractivity contribution in [1.82, 2.24) is 9.97 Å². The van der Waals surface area contributed by atoms with E-state index in [1.807, 2.05) is 12.3 Å². The van der Waals surface area contributed by atoms with Crippen molar-refractivity contribution in [2.75, 3.05) is 0 Å². The number of rotatable bonds is 4. The molecule has 0 spiro atoms. The molecule has 2 nitrogen and oxygen atoms in total. The topological polar surface area (TPSA) is 25.8 Å². The third-order valence-corrected chi connectivity index (χ3v) is 6.79. The second-order valence-electron chi connectivity index (χ2n) is 12.3. The normalized spacial score (nSPS) is 12.2. The summed E-state index contributed by atoms with van der Waals surface area (Å²) in [4.78, 5) is 9.63. The molecule has 0 aliphatic heterocycles. The van der Waals surface area contributed by atoms with Crippen LogP contribution in [0.1, 0.15) is 52.7 Å². The van der Waals surface area contributed by atoms with Gasteiger partial charge in [-0.2, -0.15) is 0 Å². The molecule has 5 aromatic rings. The van der Waals surface area contributed by atoms with Crippen molar-refractivity contribution < 1.29 is 0 Å². The molecule has 37 heavy (non-hydrogen) atoms. The lowest BCUT2D eigenvalue weighted by Gasteiger charge is -2.22. The predicted molar refractivity (Wildman–Crippen MR) is 158 cm³/mol. The summed E-state index contributed by atoms with van der Waals surface area (Å²) < 4.78 is 0. The Morgan fingerprint density at radius 2 is 1.24 bits per heavy atom. The van der Waals surface area contributed by atoms with E-state index in [2.05, 4.69) is 131 Å². The molecule has 2 heteroatoms. The Bertz CT molecular complexity index is 1530. The number of nitrogens with zero attached hydrogens (tertiary/aromatic N) is 2. The number of fused-ring (bicyclic) bond motifs is 1. The van der Waals surface area contributed by atoms with Crippen molar-refractivity contribution in [2.45, 2.75) is 53.4 Å². The fraction of sp³-hybridized carbons (Fsp3) is 0.257. The van der Waals surface area contributed by atoms with Gasteiger partial charge in [-0.05, 0) is 68.5 Å². The van der Waals surface area contributed by atoms with Crippen LogP contribution in [0.3, 0.4) is 0 Å². The summed E-state index contributed by atoms with van der Waals surface area (Å²) in [5, 5.41) is 2.51. The zero-order valence-corrected chi connectivity index (χ0v) is 22.8. The highest BCUT2D eigenvalue weighted by molar-refractivity contribution is 5.90. The minimum atomic E-state index is 0.0218. The quantitative estimate of drug-likeness (QED) is 0.254. The number of hydrogen-bond acceptors (Lipinski definition) is 2. The van der Waals surface area contributed by atoms with Gasteiger partial charge in [0, 0.05) is 17.3 Å². The first-order valence-electron chi connectivity index (χ1n) is 13.1. The molecular weight excluding hydrogens is 448 g/mol. The van der Waals surface area contributed by atoms with Gasteiger partial charge in [-0.25, -0.2) is 9.97 Å². The molecule has 186 valence electrons. The van der Waals surface area contributed by atoms with Crippen LogP contribution in [-0.4, -0.2) is 9.97 Å². The smallest absolute Gasteiger partial charge is 0.159 e. The molecule has 0 aliphatic rings. The van der Waals surface area contributed by atoms with Gasteiger partial charge in [-0.1, -0.05) is 114 Å². The number of hydrogen-bond donors (Lipinski definition) is 0. The second kappa shape index (κ2) is 9.59. The van der Waals surface area contributed by atoms with E-state index in [1.165, 1.54) is 33.0 Å². The Balaban J connectivity index is 1.45. The zero-order valence-electron chi connectivity index (χ0n) is 22.8. The second-order valence-corrected chi connectivity index (χ2v) is 12.3. The van der Waals surface area contributed by atoms with Gasteiger partial charge in [0.05, 0.1) is 5.69 Å². The maximum atomic E-state index is 4.98. The molecular formula is C35H36N2. The van der Waals surface area contributed by atoms with Crippen LogP contribution < -0.4 is 0 Å². The molecule has 0 saturated heterocycles. The summed E-state index contributed by atoms with van der Waals surface area (Å²) in [6, 6.07) is 32.7. The standard InChI is InChI=1S/C35H36N2/c1-34(2,3)23-24-11-13-25(14-12-24)26-15-17-27(18-16-26)32-19-20-36-33(37-32)29-21-28-9-7-8-10-30(28)31(22-29)35(4,5)6/h7-22H,23H2,1-6H3. The van der Waals surface area contributed by atoms with Gasteiger partial charge in [-0.15, -0.1) is 0 Å². The van der Waals surface area contributed by atoms with Crippen LogP contribution in [0.5, 0.6) is 0 Å². The molecule has 0 saturated carbocycles. The van der Waals surface area contributed by atoms with E-state index in [9.17, 15) is 0 Å². The van der Waals surface area contributed by atoms with Crippen LogP contribution >= 0.6 is 0 Å². The van der Waals surface area contributed by atoms with Gasteiger partial charge in [0.15, 0.2) is 5.82 Å². The fourth-order valence-corrected chi connectivity index (χ4v) is 4.98. The fourth-order valence-electron chi connectivity index (χ4n) is 4.98. The summed E-state index contributed by atoms with van der Waals surface area (Å²) in [5.74, 6) is 0.757. The first kappa shape index (κ1) is 24.9. The monoisotopic (exact) mass is 484 g/mol. The zero-order chi connectivity index (χ0) is 26.2. The molecule has 0 aliphatic carbocycles. The molecule has 0 radical (unpaired) electrons. The Hall–Kier alpha value is -3.78. The molecule has 5 rings (SSSR count). The van der Waals surface area contributed by atoms with Crippen LogP contribution in [-0.2, 0) is 11.8 Å². The molecule has 0 fully saturated rings. The van der Waals surface area contributed by atoms with Crippen molar-refractivity contribution in [1.29, 1.82) is 0 Å². The molecule has 0 bridgehead atoms. The largest absolute Gasteiger partial charge is 0.237 e. The summed E-state index contributed by atoms with van der Waals surface area (Å²) in [7, 11) is 0. The van der Waals surface area contributed by atoms with Crippen molar-refractivity contribution >= 4 is 10.8 Å². The van der Waals surface area contributed by atoms with E-state index < -0.39 is 0 Å². The SMILES string of the molecule is CC(C)(C)Cc1ccc(-c2ccc(-c3ccnc(-c4cc(C(C)(C)C)c5ccccc5c4)n3)cc2)cc1. The van der Waals surface area contributed by atoms with Gasteiger partial charge in [0.1, 0.15) is 0 Å². The van der Waals surface area contributed by atoms with Gasteiger partial charge in [0.25, 0.3) is 0 Å². The third kappa shape index (κ3) is 5.64. The Morgan fingerprint density at radius 1 is 0.622 bits per heavy atom. The first-order chi connectivity index (χ1) is 17.6.